The molecule has 2 heterocycles. The van der Waals surface area contributed by atoms with Crippen LogP contribution in [0.5, 0.6) is 0 Å². The quantitative estimate of drug-likeness (QED) is 0.425. The van der Waals surface area contributed by atoms with E-state index in [1.807, 2.05) is 0 Å². The highest BCUT2D eigenvalue weighted by Crippen LogP contribution is 2.16. The fourth-order valence-electron chi connectivity index (χ4n) is 1.94. The molecule has 3 rings (SSSR count). The summed E-state index contributed by atoms with van der Waals surface area (Å²) >= 11 is 0. The Morgan fingerprint density at radius 3 is 2.74 bits per heavy atom. The number of aliphatic hydroxyl groups is 1. The zero-order valence-electron chi connectivity index (χ0n) is 11.7. The van der Waals surface area contributed by atoms with E-state index in [1.54, 1.807) is 18.2 Å². The van der Waals surface area contributed by atoms with Crippen molar-refractivity contribution >= 4 is 11.5 Å². The van der Waals surface area contributed by atoms with Gasteiger partial charge in [-0.15, -0.1) is 10.2 Å². The number of allylic oxidation sites excluding steroid dienone is 1. The molecule has 0 saturated heterocycles. The first kappa shape index (κ1) is 14.6. The van der Waals surface area contributed by atoms with Crippen LogP contribution in [0.1, 0.15) is 27.7 Å². The van der Waals surface area contributed by atoms with E-state index in [1.165, 1.54) is 18.2 Å². The van der Waals surface area contributed by atoms with Gasteiger partial charge in [-0.2, -0.15) is 5.21 Å². The third kappa shape index (κ3) is 3.49. The van der Waals surface area contributed by atoms with Gasteiger partial charge in [-0.25, -0.2) is 4.39 Å². The number of aromatic nitrogens is 4. The Balaban J connectivity index is 1.72. The number of nitrogens with one attached hydrogen (secondary N) is 1. The average Bonchev–Trinajstić information content (AvgIpc) is 3.21. The molecular formula is C15H11FN4O3. The molecule has 0 bridgehead atoms. The Bertz CT molecular complexity index is 838. The minimum Gasteiger partial charge on any atom is -0.504 e. The van der Waals surface area contributed by atoms with Crippen LogP contribution in [0.3, 0.4) is 0 Å². The van der Waals surface area contributed by atoms with E-state index in [4.69, 9.17) is 4.42 Å². The Kier molecular flexibility index (Phi) is 3.96. The second kappa shape index (κ2) is 6.22. The summed E-state index contributed by atoms with van der Waals surface area (Å²) in [6, 6.07) is 9.14. The van der Waals surface area contributed by atoms with E-state index in [0.29, 0.717) is 12.2 Å². The van der Waals surface area contributed by atoms with Crippen LogP contribution in [0.25, 0.3) is 5.76 Å². The first-order valence-electron chi connectivity index (χ1n) is 6.64. The zero-order valence-corrected chi connectivity index (χ0v) is 11.7. The van der Waals surface area contributed by atoms with E-state index in [-0.39, 0.29) is 17.4 Å². The third-order valence-electron chi connectivity index (χ3n) is 3.04. The molecule has 8 heteroatoms. The predicted molar refractivity (Wildman–Crippen MR) is 77.0 cm³/mol. The summed E-state index contributed by atoms with van der Waals surface area (Å²) in [5, 5.41) is 22.2. The largest absolute Gasteiger partial charge is 0.504 e. The fourth-order valence-corrected chi connectivity index (χ4v) is 1.94. The molecule has 0 aliphatic heterocycles. The molecule has 2 N–H and O–H groups in total. The van der Waals surface area contributed by atoms with E-state index in [0.717, 1.165) is 11.6 Å². The van der Waals surface area contributed by atoms with Crippen LogP contribution in [-0.2, 0) is 6.42 Å². The highest BCUT2D eigenvalue weighted by Gasteiger charge is 2.13. The summed E-state index contributed by atoms with van der Waals surface area (Å²) in [6.45, 7) is 0. The van der Waals surface area contributed by atoms with Gasteiger partial charge in [0.1, 0.15) is 11.6 Å². The van der Waals surface area contributed by atoms with Gasteiger partial charge >= 0.3 is 0 Å². The van der Waals surface area contributed by atoms with E-state index in [9.17, 15) is 14.3 Å². The first-order chi connectivity index (χ1) is 11.1. The molecule has 0 saturated carbocycles. The number of tetrazole rings is 1. The fraction of sp³-hybridized carbons (Fsp3) is 0.0667. The topological polar surface area (TPSA) is 105 Å². The predicted octanol–water partition coefficient (Wildman–Crippen LogP) is 2.30. The first-order valence-corrected chi connectivity index (χ1v) is 6.64. The number of rotatable bonds is 5. The summed E-state index contributed by atoms with van der Waals surface area (Å²) in [4.78, 5) is 12.0. The van der Waals surface area contributed by atoms with E-state index in [2.05, 4.69) is 20.6 Å². The molecule has 1 aromatic carbocycles. The molecule has 0 amide bonds. The van der Waals surface area contributed by atoms with Gasteiger partial charge in [-0.05, 0) is 35.0 Å². The van der Waals surface area contributed by atoms with Crippen LogP contribution in [0.2, 0.25) is 0 Å². The number of ketones is 1. The van der Waals surface area contributed by atoms with Gasteiger partial charge in [0, 0.05) is 12.5 Å². The zero-order chi connectivity index (χ0) is 16.2. The Labute approximate surface area is 129 Å². The molecular weight excluding hydrogens is 303 g/mol. The van der Waals surface area contributed by atoms with Crippen molar-refractivity contribution in [1.82, 2.24) is 20.6 Å². The van der Waals surface area contributed by atoms with Crippen molar-refractivity contribution in [2.75, 3.05) is 0 Å². The number of H-pyrrole nitrogens is 1. The second-order valence-electron chi connectivity index (χ2n) is 4.70. The minimum atomic E-state index is -0.530. The van der Waals surface area contributed by atoms with Crippen LogP contribution in [-0.4, -0.2) is 31.5 Å². The monoisotopic (exact) mass is 314 g/mol. The number of nitrogens with zero attached hydrogens (tertiary/aromatic N) is 3. The lowest BCUT2D eigenvalue weighted by Crippen LogP contribution is -1.96. The number of aliphatic hydroxyl groups excluding tert-OH is 1. The van der Waals surface area contributed by atoms with Crippen molar-refractivity contribution in [3.63, 3.8) is 0 Å². The number of benzene rings is 1. The number of halogens is 1. The van der Waals surface area contributed by atoms with E-state index >= 15 is 0 Å². The van der Waals surface area contributed by atoms with Crippen molar-refractivity contribution < 1.29 is 18.7 Å². The maximum atomic E-state index is 12.9. The Hall–Kier alpha value is -3.29. The molecule has 0 aliphatic rings. The molecule has 116 valence electrons. The maximum Gasteiger partial charge on any atom is 0.239 e. The van der Waals surface area contributed by atoms with E-state index < -0.39 is 11.5 Å². The van der Waals surface area contributed by atoms with Gasteiger partial charge in [-0.3, -0.25) is 4.79 Å². The second-order valence-corrected chi connectivity index (χ2v) is 4.70. The smallest absolute Gasteiger partial charge is 0.239 e. The summed E-state index contributed by atoms with van der Waals surface area (Å²) < 4.78 is 18.3. The lowest BCUT2D eigenvalue weighted by atomic mass is 10.1. The van der Waals surface area contributed by atoms with Gasteiger partial charge in [0.2, 0.25) is 11.6 Å². The summed E-state index contributed by atoms with van der Waals surface area (Å²) in [6.07, 6.45) is 1.37. The van der Waals surface area contributed by atoms with Crippen LogP contribution >= 0.6 is 0 Å². The maximum absolute atomic E-state index is 12.9. The normalized spacial score (nSPS) is 11.6. The molecule has 0 aliphatic carbocycles. The molecule has 3 aromatic rings. The van der Waals surface area contributed by atoms with Crippen LogP contribution in [0, 0.1) is 5.82 Å². The molecule has 2 aromatic heterocycles. The molecule has 0 atom stereocenters. The number of aromatic amines is 1. The third-order valence-corrected chi connectivity index (χ3v) is 3.04. The number of hydrogen-bond acceptors (Lipinski definition) is 6. The highest BCUT2D eigenvalue weighted by atomic mass is 19.1. The summed E-state index contributed by atoms with van der Waals surface area (Å²) in [5.41, 5.74) is 0.852. The molecule has 0 spiro atoms. The summed E-state index contributed by atoms with van der Waals surface area (Å²) in [5.74, 6) is -0.731. The van der Waals surface area contributed by atoms with Gasteiger partial charge in [0.15, 0.2) is 11.5 Å². The SMILES string of the molecule is O=C(/C=C(/O)c1nn[nH]n1)c1ccc(Cc2ccc(F)cc2)o1. The molecule has 23 heavy (non-hydrogen) atoms. The van der Waals surface area contributed by atoms with Gasteiger partial charge in [0.05, 0.1) is 0 Å². The molecule has 0 fully saturated rings. The van der Waals surface area contributed by atoms with Crippen molar-refractivity contribution in [2.45, 2.75) is 6.42 Å². The standard InChI is InChI=1S/C15H11FN4O3/c16-10-3-1-9(2-4-10)7-11-5-6-14(23-11)12(21)8-13(22)15-17-19-20-18-15/h1-6,8,22H,7H2,(H,17,18,19,20)/b13-8+. The number of carbonyl (C=O) groups excluding carboxylic acids is 1. The number of hydrogen-bond donors (Lipinski definition) is 2. The average molecular weight is 314 g/mol. The van der Waals surface area contributed by atoms with Gasteiger partial charge in [-0.1, -0.05) is 12.1 Å². The Morgan fingerprint density at radius 1 is 1.26 bits per heavy atom. The van der Waals surface area contributed by atoms with Crippen LogP contribution in [0.15, 0.2) is 46.9 Å². The van der Waals surface area contributed by atoms with Crippen LogP contribution < -0.4 is 0 Å². The van der Waals surface area contributed by atoms with Gasteiger partial charge < -0.3 is 9.52 Å². The van der Waals surface area contributed by atoms with Crippen molar-refractivity contribution in [1.29, 1.82) is 0 Å². The van der Waals surface area contributed by atoms with Crippen LogP contribution in [0.4, 0.5) is 4.39 Å². The van der Waals surface area contributed by atoms with Gasteiger partial charge in [0.25, 0.3) is 0 Å². The van der Waals surface area contributed by atoms with Crippen molar-refractivity contribution in [3.05, 3.63) is 71.2 Å². The number of carbonyl (C=O) groups is 1. The lowest BCUT2D eigenvalue weighted by molar-refractivity contribution is 0.101. The summed E-state index contributed by atoms with van der Waals surface area (Å²) in [7, 11) is 0. The van der Waals surface area contributed by atoms with Crippen molar-refractivity contribution in [2.24, 2.45) is 0 Å². The number of furan rings is 1. The lowest BCUT2D eigenvalue weighted by Gasteiger charge is -1.98. The molecule has 7 nitrogen and oxygen atoms in total. The molecule has 0 unspecified atom stereocenters. The van der Waals surface area contributed by atoms with Crippen molar-refractivity contribution in [3.8, 4) is 0 Å². The Morgan fingerprint density at radius 2 is 2.04 bits per heavy atom. The highest BCUT2D eigenvalue weighted by molar-refractivity contribution is 6.05. The minimum absolute atomic E-state index is 0.0668. The molecule has 0 radical (unpaired) electrons.